The van der Waals surface area contributed by atoms with Crippen molar-refractivity contribution < 1.29 is 23.2 Å². The van der Waals surface area contributed by atoms with Gasteiger partial charge in [0.1, 0.15) is 11.4 Å². The molecule has 0 radical (unpaired) electrons. The third-order valence-corrected chi connectivity index (χ3v) is 6.79. The number of fused-ring (bicyclic) bond motifs is 1. The summed E-state index contributed by atoms with van der Waals surface area (Å²) in [5, 5.41) is 14.2. The number of hydrogen-bond acceptors (Lipinski definition) is 4. The van der Waals surface area contributed by atoms with Crippen molar-refractivity contribution in [2.45, 2.75) is 51.9 Å². The van der Waals surface area contributed by atoms with Crippen LogP contribution in [0.1, 0.15) is 53.1 Å². The van der Waals surface area contributed by atoms with E-state index in [9.17, 15) is 18.7 Å². The summed E-state index contributed by atoms with van der Waals surface area (Å²) in [5.41, 5.74) is 5.32. The van der Waals surface area contributed by atoms with Crippen molar-refractivity contribution in [1.29, 1.82) is 0 Å². The smallest absolute Gasteiger partial charge is 0.335 e. The number of pyridine rings is 1. The minimum atomic E-state index is -2.56. The van der Waals surface area contributed by atoms with Crippen LogP contribution < -0.4 is 0 Å². The molecule has 176 valence electrons. The Kier molecular flexibility index (Phi) is 5.46. The number of rotatable bonds is 5. The molecule has 1 aliphatic carbocycles. The molecule has 0 aliphatic heterocycles. The second-order valence-electron chi connectivity index (χ2n) is 9.17. The first-order valence-electron chi connectivity index (χ1n) is 11.4. The van der Waals surface area contributed by atoms with Gasteiger partial charge in [0.05, 0.1) is 11.3 Å². The van der Waals surface area contributed by atoms with Crippen LogP contribution in [-0.2, 0) is 6.42 Å². The summed E-state index contributed by atoms with van der Waals surface area (Å²) < 4.78 is 34.7. The maximum absolute atomic E-state index is 13.7. The molecule has 34 heavy (non-hydrogen) atoms. The molecule has 1 aromatic carbocycles. The molecule has 4 aromatic rings. The molecule has 8 heteroatoms. The van der Waals surface area contributed by atoms with E-state index in [0.29, 0.717) is 25.0 Å². The molecule has 1 aliphatic rings. The van der Waals surface area contributed by atoms with Crippen LogP contribution >= 0.6 is 0 Å². The van der Waals surface area contributed by atoms with Crippen LogP contribution in [0, 0.1) is 19.8 Å². The molecule has 1 fully saturated rings. The molecule has 0 atom stereocenters. The molecule has 0 saturated heterocycles. The highest BCUT2D eigenvalue weighted by Crippen LogP contribution is 2.39. The lowest BCUT2D eigenvalue weighted by molar-refractivity contribution is -0.0456. The van der Waals surface area contributed by atoms with Crippen LogP contribution in [0.3, 0.4) is 0 Å². The van der Waals surface area contributed by atoms with E-state index in [-0.39, 0.29) is 24.3 Å². The van der Waals surface area contributed by atoms with Crippen molar-refractivity contribution in [3.63, 3.8) is 0 Å². The Balaban J connectivity index is 1.59. The molecule has 3 aromatic heterocycles. The van der Waals surface area contributed by atoms with Crippen molar-refractivity contribution in [3.8, 4) is 16.8 Å². The Labute approximate surface area is 195 Å². The first-order valence-corrected chi connectivity index (χ1v) is 11.4. The SMILES string of the molecule is Cc1noc(C)c1-c1cnc2c(c1)c(CC1CCC(F)(F)CC1)cn2-c1ccc(C(=O)O)cc1. The first kappa shape index (κ1) is 22.3. The van der Waals surface area contributed by atoms with Gasteiger partial charge in [-0.05, 0) is 74.9 Å². The van der Waals surface area contributed by atoms with Gasteiger partial charge in [0.25, 0.3) is 0 Å². The molecule has 0 unspecified atom stereocenters. The van der Waals surface area contributed by atoms with Gasteiger partial charge < -0.3 is 14.2 Å². The Hall–Kier alpha value is -3.55. The number of alkyl halides is 2. The lowest BCUT2D eigenvalue weighted by atomic mass is 9.83. The highest BCUT2D eigenvalue weighted by molar-refractivity contribution is 5.89. The van der Waals surface area contributed by atoms with Crippen LogP contribution in [-0.4, -0.2) is 31.7 Å². The molecule has 1 N–H and O–H groups in total. The van der Waals surface area contributed by atoms with E-state index in [4.69, 9.17) is 9.51 Å². The van der Waals surface area contributed by atoms with E-state index >= 15 is 0 Å². The third kappa shape index (κ3) is 4.08. The molecule has 1 saturated carbocycles. The number of carboxylic acids is 1. The van der Waals surface area contributed by atoms with Crippen molar-refractivity contribution in [1.82, 2.24) is 14.7 Å². The minimum Gasteiger partial charge on any atom is -0.478 e. The van der Waals surface area contributed by atoms with Crippen molar-refractivity contribution in [2.24, 2.45) is 5.92 Å². The summed E-state index contributed by atoms with van der Waals surface area (Å²) in [6, 6.07) is 8.68. The fraction of sp³-hybridized carbons (Fsp3) is 0.346. The molecule has 0 bridgehead atoms. The fourth-order valence-electron chi connectivity index (χ4n) is 4.94. The number of carbonyl (C=O) groups is 1. The number of benzene rings is 1. The monoisotopic (exact) mass is 465 g/mol. The molecule has 0 amide bonds. The summed E-state index contributed by atoms with van der Waals surface area (Å²) in [6.07, 6.45) is 5.29. The van der Waals surface area contributed by atoms with E-state index in [1.807, 2.05) is 24.6 Å². The summed E-state index contributed by atoms with van der Waals surface area (Å²) >= 11 is 0. The van der Waals surface area contributed by atoms with Crippen molar-refractivity contribution >= 4 is 17.0 Å². The second kappa shape index (κ2) is 8.34. The van der Waals surface area contributed by atoms with Gasteiger partial charge >= 0.3 is 5.97 Å². The second-order valence-corrected chi connectivity index (χ2v) is 9.17. The van der Waals surface area contributed by atoms with Crippen LogP contribution in [0.2, 0.25) is 0 Å². The zero-order valence-corrected chi connectivity index (χ0v) is 19.0. The van der Waals surface area contributed by atoms with Gasteiger partial charge in [-0.3, -0.25) is 0 Å². The van der Waals surface area contributed by atoms with E-state index < -0.39 is 11.9 Å². The highest BCUT2D eigenvalue weighted by atomic mass is 19.3. The lowest BCUT2D eigenvalue weighted by Crippen LogP contribution is -2.25. The van der Waals surface area contributed by atoms with Gasteiger partial charge in [0.2, 0.25) is 5.92 Å². The predicted molar refractivity (Wildman–Crippen MR) is 124 cm³/mol. The summed E-state index contributed by atoms with van der Waals surface area (Å²) in [6.45, 7) is 3.74. The molecule has 6 nitrogen and oxygen atoms in total. The van der Waals surface area contributed by atoms with Gasteiger partial charge in [-0.25, -0.2) is 18.6 Å². The van der Waals surface area contributed by atoms with Crippen LogP contribution in [0.25, 0.3) is 27.8 Å². The molecular formula is C26H25F2N3O3. The summed E-state index contributed by atoms with van der Waals surface area (Å²) in [7, 11) is 0. The number of aromatic carboxylic acids is 1. The average molecular weight is 466 g/mol. The van der Waals surface area contributed by atoms with Crippen molar-refractivity contribution in [2.75, 3.05) is 0 Å². The lowest BCUT2D eigenvalue weighted by Gasteiger charge is -2.28. The number of hydrogen-bond donors (Lipinski definition) is 1. The Morgan fingerprint density at radius 2 is 1.91 bits per heavy atom. The maximum Gasteiger partial charge on any atom is 0.335 e. The Morgan fingerprint density at radius 1 is 1.21 bits per heavy atom. The molecular weight excluding hydrogens is 440 g/mol. The largest absolute Gasteiger partial charge is 0.478 e. The normalized spacial score (nSPS) is 16.2. The van der Waals surface area contributed by atoms with Gasteiger partial charge in [-0.1, -0.05) is 5.16 Å². The first-order chi connectivity index (χ1) is 16.2. The van der Waals surface area contributed by atoms with E-state index in [0.717, 1.165) is 39.1 Å². The zero-order valence-electron chi connectivity index (χ0n) is 19.0. The molecule has 5 rings (SSSR count). The fourth-order valence-corrected chi connectivity index (χ4v) is 4.94. The Morgan fingerprint density at radius 3 is 2.53 bits per heavy atom. The number of aryl methyl sites for hydroxylation is 2. The number of aromatic nitrogens is 3. The summed E-state index contributed by atoms with van der Waals surface area (Å²) in [4.78, 5) is 16.0. The highest BCUT2D eigenvalue weighted by Gasteiger charge is 2.35. The zero-order chi connectivity index (χ0) is 24.0. The quantitative estimate of drug-likeness (QED) is 0.371. The van der Waals surface area contributed by atoms with Gasteiger partial charge in [-0.15, -0.1) is 0 Å². The predicted octanol–water partition coefficient (Wildman–Crippen LogP) is 6.36. The van der Waals surface area contributed by atoms with Crippen LogP contribution in [0.15, 0.2) is 47.2 Å². The average Bonchev–Trinajstić information content (AvgIpc) is 3.34. The molecule has 3 heterocycles. The third-order valence-electron chi connectivity index (χ3n) is 6.79. The van der Waals surface area contributed by atoms with E-state index in [2.05, 4.69) is 11.2 Å². The van der Waals surface area contributed by atoms with E-state index in [1.165, 1.54) is 0 Å². The minimum absolute atomic E-state index is 0.0739. The summed E-state index contributed by atoms with van der Waals surface area (Å²) in [5.74, 6) is -2.66. The molecule has 0 spiro atoms. The van der Waals surface area contributed by atoms with Gasteiger partial charge in [-0.2, -0.15) is 0 Å². The van der Waals surface area contributed by atoms with Gasteiger partial charge in [0, 0.05) is 47.4 Å². The maximum atomic E-state index is 13.7. The van der Waals surface area contributed by atoms with Crippen molar-refractivity contribution in [3.05, 3.63) is 65.3 Å². The van der Waals surface area contributed by atoms with Crippen LogP contribution in [0.5, 0.6) is 0 Å². The number of nitrogens with zero attached hydrogens (tertiary/aromatic N) is 3. The standard InChI is InChI=1S/C26H25F2N3O3/c1-15-23(16(2)34-30-15)19-12-22-20(11-17-7-9-26(27,28)10-8-17)14-31(24(22)29-13-19)21-5-3-18(4-6-21)25(32)33/h3-6,12-14,17H,7-11H2,1-2H3,(H,32,33). The number of halogens is 2. The Bertz CT molecular complexity index is 1340. The van der Waals surface area contributed by atoms with Crippen LogP contribution in [0.4, 0.5) is 8.78 Å². The number of carboxylic acid groups (broad SMARTS) is 1. The van der Waals surface area contributed by atoms with E-state index in [1.54, 1.807) is 30.5 Å². The topological polar surface area (TPSA) is 81.2 Å². The van der Waals surface area contributed by atoms with Gasteiger partial charge in [0.15, 0.2) is 0 Å².